The van der Waals surface area contributed by atoms with Gasteiger partial charge in [0.1, 0.15) is 0 Å². The van der Waals surface area contributed by atoms with Gasteiger partial charge in [0.15, 0.2) is 11.5 Å². The smallest absolute Gasteiger partial charge is 0.253 e. The number of ether oxygens (including phenoxy) is 2. The van der Waals surface area contributed by atoms with E-state index in [-0.39, 0.29) is 17.3 Å². The van der Waals surface area contributed by atoms with E-state index >= 15 is 0 Å². The number of sulfonamides is 1. The van der Waals surface area contributed by atoms with Crippen molar-refractivity contribution in [2.24, 2.45) is 0 Å². The molecule has 0 fully saturated rings. The summed E-state index contributed by atoms with van der Waals surface area (Å²) >= 11 is 0. The molecule has 1 amide bonds. The molecular formula is C25H28N2O5S. The standard InChI is InChI=1S/C25H28N2O5S/c1-18-10-12-21(15-24(18)33(29,30)26-16-19-8-6-5-7-9-19)25(28)27(2)17-20-11-13-22(31-3)23(14-20)32-4/h5-15,26H,16-17H2,1-4H3. The topological polar surface area (TPSA) is 84.9 Å². The molecule has 0 aliphatic rings. The summed E-state index contributed by atoms with van der Waals surface area (Å²) in [7, 11) is 0.982. The highest BCUT2D eigenvalue weighted by Crippen LogP contribution is 2.28. The number of carbonyl (C=O) groups excluding carboxylic acids is 1. The normalized spacial score (nSPS) is 11.2. The molecule has 1 N–H and O–H groups in total. The maximum Gasteiger partial charge on any atom is 0.253 e. The summed E-state index contributed by atoms with van der Waals surface area (Å²) < 4.78 is 39.0. The minimum atomic E-state index is -3.80. The lowest BCUT2D eigenvalue weighted by Gasteiger charge is -2.19. The Morgan fingerprint density at radius 1 is 0.909 bits per heavy atom. The molecule has 7 nitrogen and oxygen atoms in total. The van der Waals surface area contributed by atoms with Gasteiger partial charge >= 0.3 is 0 Å². The zero-order valence-corrected chi connectivity index (χ0v) is 20.0. The van der Waals surface area contributed by atoms with Gasteiger partial charge in [-0.25, -0.2) is 13.1 Å². The second kappa shape index (κ2) is 10.5. The van der Waals surface area contributed by atoms with Crippen LogP contribution in [0.1, 0.15) is 27.0 Å². The number of nitrogens with zero attached hydrogens (tertiary/aromatic N) is 1. The van der Waals surface area contributed by atoms with Gasteiger partial charge in [-0.3, -0.25) is 4.79 Å². The van der Waals surface area contributed by atoms with Crippen molar-refractivity contribution in [2.75, 3.05) is 21.3 Å². The molecular weight excluding hydrogens is 440 g/mol. The Bertz CT molecular complexity index is 1230. The Kier molecular flexibility index (Phi) is 7.73. The molecule has 3 aromatic rings. The van der Waals surface area contributed by atoms with Crippen molar-refractivity contribution >= 4 is 15.9 Å². The van der Waals surface area contributed by atoms with Gasteiger partial charge in [-0.15, -0.1) is 0 Å². The van der Waals surface area contributed by atoms with Crippen LogP contribution in [-0.4, -0.2) is 40.5 Å². The molecule has 33 heavy (non-hydrogen) atoms. The Balaban J connectivity index is 1.78. The van der Waals surface area contributed by atoms with Gasteiger partial charge in [-0.05, 0) is 47.9 Å². The number of carbonyl (C=O) groups is 1. The van der Waals surface area contributed by atoms with E-state index in [4.69, 9.17) is 9.47 Å². The molecule has 0 heterocycles. The van der Waals surface area contributed by atoms with E-state index in [0.717, 1.165) is 11.1 Å². The van der Waals surface area contributed by atoms with Crippen molar-refractivity contribution in [3.05, 3.63) is 89.0 Å². The lowest BCUT2D eigenvalue weighted by Crippen LogP contribution is -2.27. The fourth-order valence-electron chi connectivity index (χ4n) is 3.42. The SMILES string of the molecule is COc1ccc(CN(C)C(=O)c2ccc(C)c(S(=O)(=O)NCc3ccccc3)c2)cc1OC. The fraction of sp³-hybridized carbons (Fsp3) is 0.240. The van der Waals surface area contributed by atoms with Crippen molar-refractivity contribution in [2.45, 2.75) is 24.9 Å². The molecule has 3 aromatic carbocycles. The molecule has 174 valence electrons. The highest BCUT2D eigenvalue weighted by atomic mass is 32.2. The lowest BCUT2D eigenvalue weighted by atomic mass is 10.1. The summed E-state index contributed by atoms with van der Waals surface area (Å²) in [4.78, 5) is 14.7. The first-order valence-electron chi connectivity index (χ1n) is 10.4. The lowest BCUT2D eigenvalue weighted by molar-refractivity contribution is 0.0784. The minimum absolute atomic E-state index is 0.0868. The van der Waals surface area contributed by atoms with E-state index in [9.17, 15) is 13.2 Å². The molecule has 0 aromatic heterocycles. The summed E-state index contributed by atoms with van der Waals surface area (Å²) in [6.07, 6.45) is 0. The van der Waals surface area contributed by atoms with Crippen LogP contribution in [0.3, 0.4) is 0 Å². The molecule has 0 radical (unpaired) electrons. The van der Waals surface area contributed by atoms with Crippen LogP contribution in [0.5, 0.6) is 11.5 Å². The molecule has 0 saturated heterocycles. The van der Waals surface area contributed by atoms with Crippen LogP contribution in [0, 0.1) is 6.92 Å². The quantitative estimate of drug-likeness (QED) is 0.517. The summed E-state index contributed by atoms with van der Waals surface area (Å²) in [6, 6.07) is 19.4. The van der Waals surface area contributed by atoms with Gasteiger partial charge in [0.25, 0.3) is 5.91 Å². The van der Waals surface area contributed by atoms with E-state index in [2.05, 4.69) is 4.72 Å². The summed E-state index contributed by atoms with van der Waals surface area (Å²) in [5.74, 6) is 0.889. The van der Waals surface area contributed by atoms with E-state index in [1.54, 1.807) is 52.5 Å². The number of nitrogens with one attached hydrogen (secondary N) is 1. The first-order valence-corrected chi connectivity index (χ1v) is 11.8. The maximum atomic E-state index is 13.1. The van der Waals surface area contributed by atoms with Crippen LogP contribution in [0.4, 0.5) is 0 Å². The molecule has 0 spiro atoms. The Labute approximate surface area is 195 Å². The zero-order valence-electron chi connectivity index (χ0n) is 19.2. The first-order chi connectivity index (χ1) is 15.7. The molecule has 8 heteroatoms. The van der Waals surface area contributed by atoms with Gasteiger partial charge < -0.3 is 14.4 Å². The summed E-state index contributed by atoms with van der Waals surface area (Å²) in [5.41, 5.74) is 2.56. The van der Waals surface area contributed by atoms with Gasteiger partial charge in [-0.2, -0.15) is 0 Å². The average Bonchev–Trinajstić information content (AvgIpc) is 2.83. The van der Waals surface area contributed by atoms with E-state index < -0.39 is 10.0 Å². The highest BCUT2D eigenvalue weighted by molar-refractivity contribution is 7.89. The fourth-order valence-corrected chi connectivity index (χ4v) is 4.71. The van der Waals surface area contributed by atoms with Crippen molar-refractivity contribution < 1.29 is 22.7 Å². The number of hydrogen-bond acceptors (Lipinski definition) is 5. The number of benzene rings is 3. The second-order valence-corrected chi connectivity index (χ2v) is 9.38. The Morgan fingerprint density at radius 3 is 2.27 bits per heavy atom. The molecule has 0 aliphatic carbocycles. The van der Waals surface area contributed by atoms with Crippen molar-refractivity contribution in [1.29, 1.82) is 0 Å². The number of rotatable bonds is 9. The maximum absolute atomic E-state index is 13.1. The molecule has 3 rings (SSSR count). The molecule has 0 unspecified atom stereocenters. The average molecular weight is 469 g/mol. The van der Waals surface area contributed by atoms with Crippen molar-refractivity contribution in [3.63, 3.8) is 0 Å². The second-order valence-electron chi connectivity index (χ2n) is 7.64. The zero-order chi connectivity index (χ0) is 24.0. The van der Waals surface area contributed by atoms with Crippen LogP contribution in [0.2, 0.25) is 0 Å². The van der Waals surface area contributed by atoms with Crippen LogP contribution in [-0.2, 0) is 23.1 Å². The molecule has 0 bridgehead atoms. The Hall–Kier alpha value is -3.36. The monoisotopic (exact) mass is 468 g/mol. The third-order valence-corrected chi connectivity index (χ3v) is 6.79. The van der Waals surface area contributed by atoms with E-state index in [0.29, 0.717) is 29.2 Å². The van der Waals surface area contributed by atoms with E-state index in [1.165, 1.54) is 11.0 Å². The van der Waals surface area contributed by atoms with Crippen molar-refractivity contribution in [1.82, 2.24) is 9.62 Å². The summed E-state index contributed by atoms with van der Waals surface area (Å²) in [6.45, 7) is 2.19. The predicted octanol–water partition coefficient (Wildman–Crippen LogP) is 3.76. The first kappa shape index (κ1) is 24.3. The van der Waals surface area contributed by atoms with Gasteiger partial charge in [0, 0.05) is 25.7 Å². The van der Waals surface area contributed by atoms with Crippen LogP contribution < -0.4 is 14.2 Å². The van der Waals surface area contributed by atoms with Crippen LogP contribution >= 0.6 is 0 Å². The molecule has 0 saturated carbocycles. The van der Waals surface area contributed by atoms with Gasteiger partial charge in [0.2, 0.25) is 10.0 Å². The van der Waals surface area contributed by atoms with Crippen LogP contribution in [0.25, 0.3) is 0 Å². The third kappa shape index (κ3) is 5.91. The third-order valence-electron chi connectivity index (χ3n) is 5.25. The summed E-state index contributed by atoms with van der Waals surface area (Å²) in [5, 5.41) is 0. The van der Waals surface area contributed by atoms with Crippen LogP contribution in [0.15, 0.2) is 71.6 Å². The molecule has 0 atom stereocenters. The number of hydrogen-bond donors (Lipinski definition) is 1. The highest BCUT2D eigenvalue weighted by Gasteiger charge is 2.21. The Morgan fingerprint density at radius 2 is 1.61 bits per heavy atom. The minimum Gasteiger partial charge on any atom is -0.493 e. The van der Waals surface area contributed by atoms with Gasteiger partial charge in [0.05, 0.1) is 19.1 Å². The van der Waals surface area contributed by atoms with E-state index in [1.807, 2.05) is 36.4 Å². The number of amides is 1. The number of methoxy groups -OCH3 is 2. The predicted molar refractivity (Wildman–Crippen MR) is 127 cm³/mol. The van der Waals surface area contributed by atoms with Gasteiger partial charge in [-0.1, -0.05) is 42.5 Å². The van der Waals surface area contributed by atoms with Crippen molar-refractivity contribution in [3.8, 4) is 11.5 Å². The number of aryl methyl sites for hydroxylation is 1. The largest absolute Gasteiger partial charge is 0.493 e. The molecule has 0 aliphatic heterocycles.